The van der Waals surface area contributed by atoms with Gasteiger partial charge in [-0.15, -0.1) is 11.3 Å². The number of urea groups is 1. The number of benzene rings is 3. The normalized spacial score (nSPS) is 11.3. The first-order chi connectivity index (χ1) is 18.3. The van der Waals surface area contributed by atoms with E-state index >= 15 is 4.39 Å². The summed E-state index contributed by atoms with van der Waals surface area (Å²) in [4.78, 5) is 25.7. The Kier molecular flexibility index (Phi) is 6.70. The van der Waals surface area contributed by atoms with Gasteiger partial charge in [0.25, 0.3) is 15.6 Å². The quantitative estimate of drug-likeness (QED) is 0.263. The number of hydrogen-bond acceptors (Lipinski definition) is 6. The average molecular weight is 549 g/mol. The maximum absolute atomic E-state index is 15.3. The van der Waals surface area contributed by atoms with Crippen molar-refractivity contribution in [3.05, 3.63) is 107 Å². The zero-order chi connectivity index (χ0) is 26.9. The summed E-state index contributed by atoms with van der Waals surface area (Å²) in [6.07, 6.45) is 1.59. The Balaban J connectivity index is 1.52. The number of rotatable bonds is 6. The van der Waals surface area contributed by atoms with E-state index in [1.54, 1.807) is 36.8 Å². The summed E-state index contributed by atoms with van der Waals surface area (Å²) in [7, 11) is -2.26. The molecule has 5 aromatic rings. The third-order valence-corrected chi connectivity index (χ3v) is 8.57. The second-order valence-electron chi connectivity index (χ2n) is 8.25. The SMILES string of the molecule is CNc1ccc2c(=O)n(-c3ccc(NC(=O)NS(=O)(=O)c4cccs4)cc3F)cc(-c3ccccc3)c2c1. The second kappa shape index (κ2) is 10.1. The van der Waals surface area contributed by atoms with Crippen LogP contribution in [0, 0.1) is 5.82 Å². The topological polar surface area (TPSA) is 109 Å². The lowest BCUT2D eigenvalue weighted by atomic mass is 10.00. The van der Waals surface area contributed by atoms with Crippen LogP contribution in [0.1, 0.15) is 0 Å². The molecule has 192 valence electrons. The molecule has 2 heterocycles. The van der Waals surface area contributed by atoms with Gasteiger partial charge in [0.15, 0.2) is 0 Å². The molecule has 0 spiro atoms. The number of fused-ring (bicyclic) bond motifs is 1. The van der Waals surface area contributed by atoms with E-state index in [1.165, 1.54) is 22.8 Å². The van der Waals surface area contributed by atoms with Crippen molar-refractivity contribution in [3.63, 3.8) is 0 Å². The zero-order valence-electron chi connectivity index (χ0n) is 19.9. The fraction of sp³-hybridized carbons (Fsp3) is 0.0370. The van der Waals surface area contributed by atoms with Crippen molar-refractivity contribution in [1.82, 2.24) is 9.29 Å². The van der Waals surface area contributed by atoms with Gasteiger partial charge in [0.1, 0.15) is 10.0 Å². The van der Waals surface area contributed by atoms with Gasteiger partial charge in [-0.05, 0) is 58.8 Å². The van der Waals surface area contributed by atoms with Crippen LogP contribution in [0.2, 0.25) is 0 Å². The number of sulfonamides is 1. The van der Waals surface area contributed by atoms with E-state index in [9.17, 15) is 18.0 Å². The van der Waals surface area contributed by atoms with Crippen LogP contribution in [-0.4, -0.2) is 26.1 Å². The van der Waals surface area contributed by atoms with Crippen LogP contribution in [0.3, 0.4) is 0 Å². The molecular weight excluding hydrogens is 527 g/mol. The Hall–Kier alpha value is -4.48. The predicted octanol–water partition coefficient (Wildman–Crippen LogP) is 5.41. The molecule has 0 aliphatic heterocycles. The predicted molar refractivity (Wildman–Crippen MR) is 148 cm³/mol. The minimum Gasteiger partial charge on any atom is -0.388 e. The van der Waals surface area contributed by atoms with E-state index in [1.807, 2.05) is 41.1 Å². The number of hydrogen-bond donors (Lipinski definition) is 3. The average Bonchev–Trinajstić information content (AvgIpc) is 3.46. The van der Waals surface area contributed by atoms with Crippen molar-refractivity contribution in [1.29, 1.82) is 0 Å². The van der Waals surface area contributed by atoms with Crippen LogP contribution in [0.25, 0.3) is 27.6 Å². The summed E-state index contributed by atoms with van der Waals surface area (Å²) in [5.41, 5.74) is 1.98. The highest BCUT2D eigenvalue weighted by atomic mass is 32.2. The zero-order valence-corrected chi connectivity index (χ0v) is 21.6. The van der Waals surface area contributed by atoms with Crippen LogP contribution in [0.15, 0.2) is 99.4 Å². The maximum Gasteiger partial charge on any atom is 0.333 e. The molecule has 0 unspecified atom stereocenters. The van der Waals surface area contributed by atoms with E-state index in [0.29, 0.717) is 10.8 Å². The smallest absolute Gasteiger partial charge is 0.333 e. The monoisotopic (exact) mass is 548 g/mol. The highest BCUT2D eigenvalue weighted by Gasteiger charge is 2.19. The highest BCUT2D eigenvalue weighted by molar-refractivity contribution is 7.92. The molecule has 0 aliphatic carbocycles. The number of nitrogens with one attached hydrogen (secondary N) is 3. The molecule has 0 radical (unpaired) electrons. The number of carbonyl (C=O) groups excluding carboxylic acids is 1. The van der Waals surface area contributed by atoms with Gasteiger partial charge in [-0.25, -0.2) is 22.3 Å². The van der Waals surface area contributed by atoms with Gasteiger partial charge < -0.3 is 10.6 Å². The molecule has 8 nitrogen and oxygen atoms in total. The van der Waals surface area contributed by atoms with Crippen LogP contribution >= 0.6 is 11.3 Å². The van der Waals surface area contributed by atoms with Gasteiger partial charge in [-0.3, -0.25) is 9.36 Å². The molecule has 0 atom stereocenters. The Morgan fingerprint density at radius 2 is 1.68 bits per heavy atom. The minimum absolute atomic E-state index is 0.0147. The Bertz CT molecular complexity index is 1820. The molecule has 0 saturated carbocycles. The first-order valence-electron chi connectivity index (χ1n) is 11.4. The van der Waals surface area contributed by atoms with E-state index < -0.39 is 27.4 Å². The lowest BCUT2D eigenvalue weighted by Crippen LogP contribution is -2.34. The van der Waals surface area contributed by atoms with Crippen LogP contribution < -0.4 is 20.9 Å². The second-order valence-corrected chi connectivity index (χ2v) is 11.1. The number of anilines is 2. The standard InChI is InChI=1S/C27H21FN4O4S2/c1-29-18-9-11-20-21(14-18)22(17-6-3-2-4-7-17)16-32(26(20)33)24-12-10-19(15-23(24)28)30-27(34)31-38(35,36)25-8-5-13-37-25/h2-16,29H,1H3,(H2,30,31,34). The lowest BCUT2D eigenvalue weighted by molar-refractivity contribution is 0.256. The number of pyridine rings is 1. The van der Waals surface area contributed by atoms with Crippen molar-refractivity contribution < 1.29 is 17.6 Å². The summed E-state index contributed by atoms with van der Waals surface area (Å²) < 4.78 is 42.9. The van der Waals surface area contributed by atoms with Crippen molar-refractivity contribution >= 4 is 49.5 Å². The third-order valence-electron chi connectivity index (χ3n) is 5.84. The maximum atomic E-state index is 15.3. The summed E-state index contributed by atoms with van der Waals surface area (Å²) >= 11 is 0.957. The largest absolute Gasteiger partial charge is 0.388 e. The van der Waals surface area contributed by atoms with Crippen molar-refractivity contribution in [2.45, 2.75) is 4.21 Å². The number of nitrogens with zero attached hydrogens (tertiary/aromatic N) is 1. The van der Waals surface area contributed by atoms with E-state index in [4.69, 9.17) is 0 Å². The van der Waals surface area contributed by atoms with Gasteiger partial charge in [-0.2, -0.15) is 0 Å². The Labute approximate surface area is 221 Å². The van der Waals surface area contributed by atoms with Crippen molar-refractivity contribution in [3.8, 4) is 16.8 Å². The van der Waals surface area contributed by atoms with E-state index in [2.05, 4.69) is 10.6 Å². The van der Waals surface area contributed by atoms with E-state index in [-0.39, 0.29) is 15.6 Å². The molecule has 3 aromatic carbocycles. The first kappa shape index (κ1) is 25.2. The van der Waals surface area contributed by atoms with Gasteiger partial charge in [0.2, 0.25) is 0 Å². The molecule has 0 aliphatic rings. The van der Waals surface area contributed by atoms with Crippen LogP contribution in [-0.2, 0) is 10.0 Å². The number of thiophene rings is 1. The minimum atomic E-state index is -4.05. The molecule has 38 heavy (non-hydrogen) atoms. The van der Waals surface area contributed by atoms with Gasteiger partial charge >= 0.3 is 6.03 Å². The molecule has 3 N–H and O–H groups in total. The molecule has 2 amide bonds. The summed E-state index contributed by atoms with van der Waals surface area (Å²) in [6, 6.07) is 20.4. The Morgan fingerprint density at radius 1 is 0.921 bits per heavy atom. The van der Waals surface area contributed by atoms with Crippen LogP contribution in [0.4, 0.5) is 20.6 Å². The summed E-state index contributed by atoms with van der Waals surface area (Å²) in [6.45, 7) is 0. The Morgan fingerprint density at radius 3 is 2.37 bits per heavy atom. The lowest BCUT2D eigenvalue weighted by Gasteiger charge is -2.15. The van der Waals surface area contributed by atoms with Crippen molar-refractivity contribution in [2.24, 2.45) is 0 Å². The molecule has 5 rings (SSSR count). The number of carbonyl (C=O) groups is 1. The van der Waals surface area contributed by atoms with E-state index in [0.717, 1.165) is 34.2 Å². The van der Waals surface area contributed by atoms with Crippen molar-refractivity contribution in [2.75, 3.05) is 17.7 Å². The van der Waals surface area contributed by atoms with Gasteiger partial charge in [-0.1, -0.05) is 36.4 Å². The summed E-state index contributed by atoms with van der Waals surface area (Å²) in [5.74, 6) is -0.781. The highest BCUT2D eigenvalue weighted by Crippen LogP contribution is 2.30. The van der Waals surface area contributed by atoms with Crippen LogP contribution in [0.5, 0.6) is 0 Å². The fourth-order valence-corrected chi connectivity index (χ4v) is 5.95. The molecule has 0 saturated heterocycles. The first-order valence-corrected chi connectivity index (χ1v) is 13.7. The fourth-order valence-electron chi connectivity index (χ4n) is 4.05. The van der Waals surface area contributed by atoms with Gasteiger partial charge in [0, 0.05) is 35.6 Å². The molecule has 0 fully saturated rings. The number of halogens is 1. The number of amides is 2. The molecule has 2 aromatic heterocycles. The summed E-state index contributed by atoms with van der Waals surface area (Å²) in [5, 5.41) is 8.08. The molecular formula is C27H21FN4O4S2. The molecule has 0 bridgehead atoms. The number of aromatic nitrogens is 1. The van der Waals surface area contributed by atoms with Gasteiger partial charge in [0.05, 0.1) is 5.69 Å². The third kappa shape index (κ3) is 4.89. The molecule has 11 heteroatoms.